The van der Waals surface area contributed by atoms with E-state index in [2.05, 4.69) is 43.5 Å². The van der Waals surface area contributed by atoms with E-state index in [-0.39, 0.29) is 18.9 Å². The van der Waals surface area contributed by atoms with Gasteiger partial charge in [0.2, 0.25) is 5.91 Å². The number of nitrogens with one attached hydrogen (secondary N) is 1. The fraction of sp³-hybridized carbons (Fsp3) is 0.873. The Morgan fingerprint density at radius 1 is 0.507 bits per heavy atom. The van der Waals surface area contributed by atoms with E-state index in [1.807, 2.05) is 6.08 Å². The molecule has 2 saturated heterocycles. The van der Waals surface area contributed by atoms with Gasteiger partial charge in [-0.25, -0.2) is 0 Å². The third-order valence-electron chi connectivity index (χ3n) is 13.6. The highest BCUT2D eigenvalue weighted by Gasteiger charge is 2.51. The lowest BCUT2D eigenvalue weighted by atomic mass is 9.97. The Balaban J connectivity index is 1.76. The predicted octanol–water partition coefficient (Wildman–Crippen LogP) is 8.27. The van der Waals surface area contributed by atoms with Crippen LogP contribution in [0.2, 0.25) is 0 Å². The largest absolute Gasteiger partial charge is 0.394 e. The van der Waals surface area contributed by atoms with Gasteiger partial charge in [-0.05, 0) is 38.5 Å². The molecule has 69 heavy (non-hydrogen) atoms. The molecule has 0 saturated carbocycles. The molecule has 14 heteroatoms. The van der Waals surface area contributed by atoms with Crippen LogP contribution in [0.1, 0.15) is 213 Å². The smallest absolute Gasteiger partial charge is 0.220 e. The number of amides is 1. The molecule has 9 N–H and O–H groups in total. The highest BCUT2D eigenvalue weighted by atomic mass is 16.7. The van der Waals surface area contributed by atoms with E-state index in [1.54, 1.807) is 6.08 Å². The summed E-state index contributed by atoms with van der Waals surface area (Å²) in [6.07, 6.45) is 32.0. The zero-order chi connectivity index (χ0) is 50.3. The number of allylic oxidation sites excluding steroid dienone is 5. The molecule has 2 aliphatic heterocycles. The maximum absolute atomic E-state index is 13.2. The molecule has 2 heterocycles. The van der Waals surface area contributed by atoms with Gasteiger partial charge in [0, 0.05) is 6.42 Å². The standard InChI is InChI=1S/C55H101NO13/c1-3-5-7-9-11-13-15-17-18-19-20-21-22-23-24-25-26-27-29-31-33-35-37-39-47(60)56-43(44(59)38-36-34-32-30-28-16-14-12-10-8-6-4-2)42-66-54-52(65)50(63)53(46(41-58)68-54)69-55-51(64)49(62)48(61)45(40-57)67-55/h10,12,28,30,36,38,43-46,48-55,57-59,61-65H,3-9,11,13-27,29,31-35,37,39-42H2,1-2H3,(H,56,60)/b12-10+,30-28+,38-36+. The molecule has 12 unspecified atom stereocenters. The van der Waals surface area contributed by atoms with Gasteiger partial charge in [-0.15, -0.1) is 0 Å². The lowest BCUT2D eigenvalue weighted by Crippen LogP contribution is -2.65. The van der Waals surface area contributed by atoms with Gasteiger partial charge in [-0.1, -0.05) is 204 Å². The third kappa shape index (κ3) is 28.3. The van der Waals surface area contributed by atoms with Crippen molar-refractivity contribution in [2.45, 2.75) is 286 Å². The van der Waals surface area contributed by atoms with Crippen LogP contribution in [0.4, 0.5) is 0 Å². The second-order valence-corrected chi connectivity index (χ2v) is 19.7. The molecule has 12 atom stereocenters. The van der Waals surface area contributed by atoms with Crippen molar-refractivity contribution in [1.82, 2.24) is 5.32 Å². The van der Waals surface area contributed by atoms with Crippen LogP contribution >= 0.6 is 0 Å². The van der Waals surface area contributed by atoms with Gasteiger partial charge in [0.25, 0.3) is 0 Å². The Bertz CT molecular complexity index is 1300. The Morgan fingerprint density at radius 3 is 1.41 bits per heavy atom. The quantitative estimate of drug-likeness (QED) is 0.0207. The second-order valence-electron chi connectivity index (χ2n) is 19.7. The first-order chi connectivity index (χ1) is 33.6. The van der Waals surface area contributed by atoms with E-state index in [4.69, 9.17) is 18.9 Å². The number of carbonyl (C=O) groups is 1. The molecule has 0 spiro atoms. The minimum Gasteiger partial charge on any atom is -0.394 e. The van der Waals surface area contributed by atoms with Gasteiger partial charge in [0.1, 0.15) is 48.8 Å². The summed E-state index contributed by atoms with van der Waals surface area (Å²) in [6.45, 7) is 2.72. The molecular weight excluding hydrogens is 883 g/mol. The number of hydrogen-bond donors (Lipinski definition) is 9. The molecule has 14 nitrogen and oxygen atoms in total. The molecule has 0 bridgehead atoms. The van der Waals surface area contributed by atoms with Crippen molar-refractivity contribution < 1.29 is 64.6 Å². The summed E-state index contributed by atoms with van der Waals surface area (Å²) in [5.41, 5.74) is 0. The van der Waals surface area contributed by atoms with Crippen LogP contribution in [-0.2, 0) is 23.7 Å². The van der Waals surface area contributed by atoms with E-state index in [1.165, 1.54) is 135 Å². The van der Waals surface area contributed by atoms with Gasteiger partial charge in [-0.2, -0.15) is 0 Å². The number of unbranched alkanes of at least 4 members (excludes halogenated alkanes) is 26. The summed E-state index contributed by atoms with van der Waals surface area (Å²) >= 11 is 0. The SMILES string of the molecule is CCCC/C=C/CC/C=C/CC/C=C/C(O)C(COC1OC(CO)C(OC2OC(CO)C(O)C(O)C2O)C(O)C1O)NC(=O)CCCCCCCCCCCCCCCCCCCCCCCCC. The lowest BCUT2D eigenvalue weighted by Gasteiger charge is -2.46. The maximum atomic E-state index is 13.2. The monoisotopic (exact) mass is 984 g/mol. The molecule has 0 aromatic rings. The minimum absolute atomic E-state index is 0.252. The fourth-order valence-corrected chi connectivity index (χ4v) is 9.02. The number of aliphatic hydroxyl groups excluding tert-OH is 8. The number of aliphatic hydroxyl groups is 8. The number of hydrogen-bond acceptors (Lipinski definition) is 13. The first kappa shape index (κ1) is 63.3. The summed E-state index contributed by atoms with van der Waals surface area (Å²) in [6, 6.07) is -0.933. The Hall–Kier alpha value is -1.79. The van der Waals surface area contributed by atoms with Gasteiger partial charge >= 0.3 is 0 Å². The number of carbonyl (C=O) groups excluding carboxylic acids is 1. The highest BCUT2D eigenvalue weighted by Crippen LogP contribution is 2.30. The van der Waals surface area contributed by atoms with Crippen LogP contribution < -0.4 is 5.32 Å². The molecule has 0 radical (unpaired) electrons. The third-order valence-corrected chi connectivity index (χ3v) is 13.6. The van der Waals surface area contributed by atoms with Crippen LogP contribution in [0.5, 0.6) is 0 Å². The summed E-state index contributed by atoms with van der Waals surface area (Å²) in [4.78, 5) is 13.2. The minimum atomic E-state index is -1.79. The average Bonchev–Trinajstić information content (AvgIpc) is 3.35. The van der Waals surface area contributed by atoms with Crippen LogP contribution in [-0.4, -0.2) is 140 Å². The van der Waals surface area contributed by atoms with Crippen LogP contribution in [0, 0.1) is 0 Å². The predicted molar refractivity (Wildman–Crippen MR) is 272 cm³/mol. The van der Waals surface area contributed by atoms with Gasteiger partial charge < -0.3 is 65.1 Å². The molecule has 0 aromatic carbocycles. The van der Waals surface area contributed by atoms with Crippen molar-refractivity contribution in [1.29, 1.82) is 0 Å². The summed E-state index contributed by atoms with van der Waals surface area (Å²) < 4.78 is 22.7. The first-order valence-electron chi connectivity index (χ1n) is 27.7. The molecule has 2 rings (SSSR count). The molecule has 2 aliphatic rings. The van der Waals surface area contributed by atoms with Gasteiger partial charge in [0.05, 0.1) is 32.0 Å². The molecular formula is C55H101NO13. The molecule has 404 valence electrons. The number of rotatable bonds is 43. The maximum Gasteiger partial charge on any atom is 0.220 e. The Labute approximate surface area is 417 Å². The van der Waals surface area contributed by atoms with E-state index in [0.717, 1.165) is 44.9 Å². The van der Waals surface area contributed by atoms with E-state index in [9.17, 15) is 45.6 Å². The van der Waals surface area contributed by atoms with Crippen molar-refractivity contribution in [3.8, 4) is 0 Å². The summed E-state index contributed by atoms with van der Waals surface area (Å²) in [5.74, 6) is -0.252. The first-order valence-corrected chi connectivity index (χ1v) is 27.7. The van der Waals surface area contributed by atoms with Gasteiger partial charge in [0.15, 0.2) is 12.6 Å². The Kier molecular flexibility index (Phi) is 38.2. The van der Waals surface area contributed by atoms with Crippen LogP contribution in [0.15, 0.2) is 36.5 Å². The molecule has 0 aliphatic carbocycles. The molecule has 1 amide bonds. The Morgan fingerprint density at radius 2 is 0.928 bits per heavy atom. The molecule has 2 fully saturated rings. The molecule has 0 aromatic heterocycles. The van der Waals surface area contributed by atoms with Crippen molar-refractivity contribution in [2.75, 3.05) is 19.8 Å². The van der Waals surface area contributed by atoms with E-state index in [0.29, 0.717) is 12.8 Å². The van der Waals surface area contributed by atoms with Crippen molar-refractivity contribution >= 4 is 5.91 Å². The fourth-order valence-electron chi connectivity index (χ4n) is 9.02. The zero-order valence-corrected chi connectivity index (χ0v) is 43.1. The zero-order valence-electron chi connectivity index (χ0n) is 43.1. The van der Waals surface area contributed by atoms with E-state index < -0.39 is 86.8 Å². The van der Waals surface area contributed by atoms with Crippen LogP contribution in [0.25, 0.3) is 0 Å². The highest BCUT2D eigenvalue weighted by molar-refractivity contribution is 5.76. The van der Waals surface area contributed by atoms with E-state index >= 15 is 0 Å². The average molecular weight is 984 g/mol. The summed E-state index contributed by atoms with van der Waals surface area (Å²) in [5, 5.41) is 86.8. The van der Waals surface area contributed by atoms with Crippen molar-refractivity contribution in [2.24, 2.45) is 0 Å². The van der Waals surface area contributed by atoms with Crippen LogP contribution in [0.3, 0.4) is 0 Å². The van der Waals surface area contributed by atoms with Crippen molar-refractivity contribution in [3.05, 3.63) is 36.5 Å². The topological polar surface area (TPSA) is 228 Å². The number of ether oxygens (including phenoxy) is 4. The lowest BCUT2D eigenvalue weighted by molar-refractivity contribution is -0.359. The van der Waals surface area contributed by atoms with Gasteiger partial charge in [-0.3, -0.25) is 4.79 Å². The van der Waals surface area contributed by atoms with Crippen molar-refractivity contribution in [3.63, 3.8) is 0 Å². The summed E-state index contributed by atoms with van der Waals surface area (Å²) in [7, 11) is 0. The normalized spacial score (nSPS) is 26.4. The second kappa shape index (κ2) is 41.7.